The zero-order valence-corrected chi connectivity index (χ0v) is 6.44. The SMILES string of the molecule is CC(=O)O.NC(=O)c1ccn[nH]1. The molecule has 66 valence electrons. The van der Waals surface area contributed by atoms with E-state index in [1.165, 1.54) is 12.3 Å². The van der Waals surface area contributed by atoms with Gasteiger partial charge in [-0.25, -0.2) is 0 Å². The van der Waals surface area contributed by atoms with Gasteiger partial charge >= 0.3 is 0 Å². The second-order valence-corrected chi connectivity index (χ2v) is 1.85. The molecule has 0 aromatic carbocycles. The Labute approximate surface area is 68.4 Å². The van der Waals surface area contributed by atoms with Gasteiger partial charge in [0.15, 0.2) is 0 Å². The number of carbonyl (C=O) groups excluding carboxylic acids is 1. The zero-order valence-electron chi connectivity index (χ0n) is 6.44. The lowest BCUT2D eigenvalue weighted by molar-refractivity contribution is -0.134. The molecule has 0 atom stereocenters. The number of amides is 1. The van der Waals surface area contributed by atoms with Crippen molar-refractivity contribution in [3.63, 3.8) is 0 Å². The Kier molecular flexibility index (Phi) is 4.13. The van der Waals surface area contributed by atoms with Gasteiger partial charge in [0.05, 0.1) is 0 Å². The molecule has 0 saturated heterocycles. The molecule has 1 amide bonds. The van der Waals surface area contributed by atoms with Crippen LogP contribution in [0.15, 0.2) is 12.3 Å². The lowest BCUT2D eigenvalue weighted by Crippen LogP contribution is -2.10. The predicted octanol–water partition coefficient (Wildman–Crippen LogP) is -0.401. The first-order valence-corrected chi connectivity index (χ1v) is 3.02. The van der Waals surface area contributed by atoms with Gasteiger partial charge in [0.2, 0.25) is 0 Å². The van der Waals surface area contributed by atoms with E-state index in [4.69, 9.17) is 15.6 Å². The number of rotatable bonds is 1. The minimum Gasteiger partial charge on any atom is -0.481 e. The van der Waals surface area contributed by atoms with Gasteiger partial charge in [-0.3, -0.25) is 14.7 Å². The van der Waals surface area contributed by atoms with Gasteiger partial charge in [0.25, 0.3) is 11.9 Å². The number of nitrogens with two attached hydrogens (primary N) is 1. The number of aromatic amines is 1. The largest absolute Gasteiger partial charge is 0.481 e. The maximum absolute atomic E-state index is 10.2. The highest BCUT2D eigenvalue weighted by Crippen LogP contribution is 1.85. The molecule has 0 radical (unpaired) electrons. The van der Waals surface area contributed by atoms with Crippen LogP contribution in [-0.4, -0.2) is 27.2 Å². The summed E-state index contributed by atoms with van der Waals surface area (Å²) in [6.45, 7) is 1.08. The molecule has 1 aromatic heterocycles. The number of carboxylic acid groups (broad SMARTS) is 1. The molecule has 0 aliphatic heterocycles. The smallest absolute Gasteiger partial charge is 0.300 e. The molecular formula is C6H9N3O3. The van der Waals surface area contributed by atoms with Crippen LogP contribution in [0.2, 0.25) is 0 Å². The van der Waals surface area contributed by atoms with Crippen molar-refractivity contribution >= 4 is 11.9 Å². The van der Waals surface area contributed by atoms with E-state index in [1.807, 2.05) is 0 Å². The van der Waals surface area contributed by atoms with Gasteiger partial charge in [0, 0.05) is 13.1 Å². The fourth-order valence-electron chi connectivity index (χ4n) is 0.393. The van der Waals surface area contributed by atoms with Gasteiger partial charge in [0.1, 0.15) is 5.69 Å². The second-order valence-electron chi connectivity index (χ2n) is 1.85. The molecule has 0 aliphatic rings. The second kappa shape index (κ2) is 4.89. The summed E-state index contributed by atoms with van der Waals surface area (Å²) in [6, 6.07) is 1.52. The third-order valence-electron chi connectivity index (χ3n) is 0.766. The van der Waals surface area contributed by atoms with Crippen molar-refractivity contribution in [3.8, 4) is 0 Å². The Hall–Kier alpha value is -1.85. The van der Waals surface area contributed by atoms with Crippen LogP contribution in [0.5, 0.6) is 0 Å². The summed E-state index contributed by atoms with van der Waals surface area (Å²) >= 11 is 0. The first kappa shape index (κ1) is 10.2. The summed E-state index contributed by atoms with van der Waals surface area (Å²) in [4.78, 5) is 19.2. The maximum atomic E-state index is 10.2. The zero-order chi connectivity index (χ0) is 9.56. The van der Waals surface area contributed by atoms with Crippen LogP contribution in [-0.2, 0) is 4.79 Å². The van der Waals surface area contributed by atoms with Crippen molar-refractivity contribution in [3.05, 3.63) is 18.0 Å². The average Bonchev–Trinajstić information content (AvgIpc) is 2.34. The molecule has 0 unspecified atom stereocenters. The number of carboxylic acids is 1. The number of aliphatic carboxylic acids is 1. The number of nitrogens with one attached hydrogen (secondary N) is 1. The monoisotopic (exact) mass is 171 g/mol. The van der Waals surface area contributed by atoms with Crippen molar-refractivity contribution in [1.29, 1.82) is 0 Å². The van der Waals surface area contributed by atoms with E-state index in [0.717, 1.165) is 6.92 Å². The summed E-state index contributed by atoms with van der Waals surface area (Å²) < 4.78 is 0. The summed E-state index contributed by atoms with van der Waals surface area (Å²) in [5, 5.41) is 13.3. The number of hydrogen-bond donors (Lipinski definition) is 3. The van der Waals surface area contributed by atoms with E-state index in [2.05, 4.69) is 10.2 Å². The molecule has 1 rings (SSSR count). The molecule has 0 aliphatic carbocycles. The van der Waals surface area contributed by atoms with Crippen molar-refractivity contribution < 1.29 is 14.7 Å². The van der Waals surface area contributed by atoms with Gasteiger partial charge < -0.3 is 10.8 Å². The number of nitrogens with zero attached hydrogens (tertiary/aromatic N) is 1. The van der Waals surface area contributed by atoms with E-state index in [0.29, 0.717) is 5.69 Å². The predicted molar refractivity (Wildman–Crippen MR) is 40.4 cm³/mol. The lowest BCUT2D eigenvalue weighted by Gasteiger charge is -1.80. The van der Waals surface area contributed by atoms with Gasteiger partial charge in [-0.15, -0.1) is 0 Å². The topological polar surface area (TPSA) is 109 Å². The fourth-order valence-corrected chi connectivity index (χ4v) is 0.393. The summed E-state index contributed by atoms with van der Waals surface area (Å²) in [6.07, 6.45) is 1.47. The number of carbonyl (C=O) groups is 2. The van der Waals surface area contributed by atoms with Crippen LogP contribution in [0.3, 0.4) is 0 Å². The fraction of sp³-hybridized carbons (Fsp3) is 0.167. The van der Waals surface area contributed by atoms with Crippen molar-refractivity contribution in [2.45, 2.75) is 6.92 Å². The highest BCUT2D eigenvalue weighted by Gasteiger charge is 1.96. The van der Waals surface area contributed by atoms with Crippen LogP contribution < -0.4 is 5.73 Å². The molecule has 12 heavy (non-hydrogen) atoms. The standard InChI is InChI=1S/C4H5N3O.C2H4O2/c5-4(8)3-1-2-6-7-3;1-2(3)4/h1-2H,(H2,5,8)(H,6,7);1H3,(H,3,4). The first-order chi connectivity index (χ1) is 5.54. The number of H-pyrrole nitrogens is 1. The van der Waals surface area contributed by atoms with Crippen molar-refractivity contribution in [2.75, 3.05) is 0 Å². The number of hydrogen-bond acceptors (Lipinski definition) is 3. The van der Waals surface area contributed by atoms with Gasteiger partial charge in [-0.2, -0.15) is 5.10 Å². The average molecular weight is 171 g/mol. The van der Waals surface area contributed by atoms with Gasteiger partial charge in [-0.05, 0) is 6.07 Å². The molecule has 0 spiro atoms. The van der Waals surface area contributed by atoms with Crippen LogP contribution in [0.1, 0.15) is 17.4 Å². The Morgan fingerprint density at radius 2 is 2.17 bits per heavy atom. The van der Waals surface area contributed by atoms with E-state index < -0.39 is 11.9 Å². The van der Waals surface area contributed by atoms with Crippen LogP contribution in [0, 0.1) is 0 Å². The highest BCUT2D eigenvalue weighted by atomic mass is 16.4. The summed E-state index contributed by atoms with van der Waals surface area (Å²) in [5.74, 6) is -1.32. The van der Waals surface area contributed by atoms with E-state index in [1.54, 1.807) is 0 Å². The third-order valence-corrected chi connectivity index (χ3v) is 0.766. The molecular weight excluding hydrogens is 162 g/mol. The summed E-state index contributed by atoms with van der Waals surface area (Å²) in [7, 11) is 0. The molecule has 1 heterocycles. The number of primary amides is 1. The molecule has 6 heteroatoms. The Bertz CT molecular complexity index is 251. The first-order valence-electron chi connectivity index (χ1n) is 3.02. The Balaban J connectivity index is 0.000000261. The lowest BCUT2D eigenvalue weighted by atomic mass is 10.4. The maximum Gasteiger partial charge on any atom is 0.300 e. The third kappa shape index (κ3) is 4.98. The summed E-state index contributed by atoms with van der Waals surface area (Å²) in [5.41, 5.74) is 5.19. The quantitative estimate of drug-likeness (QED) is 0.534. The molecule has 6 nitrogen and oxygen atoms in total. The van der Waals surface area contributed by atoms with Crippen LogP contribution >= 0.6 is 0 Å². The Morgan fingerprint density at radius 1 is 1.67 bits per heavy atom. The number of aromatic nitrogens is 2. The van der Waals surface area contributed by atoms with E-state index in [-0.39, 0.29) is 0 Å². The Morgan fingerprint density at radius 3 is 2.33 bits per heavy atom. The minimum absolute atomic E-state index is 0.338. The molecule has 0 bridgehead atoms. The highest BCUT2D eigenvalue weighted by molar-refractivity contribution is 5.90. The molecule has 0 fully saturated rings. The normalized spacial score (nSPS) is 8.08. The molecule has 0 saturated carbocycles. The van der Waals surface area contributed by atoms with Crippen molar-refractivity contribution in [1.82, 2.24) is 10.2 Å². The van der Waals surface area contributed by atoms with Crippen LogP contribution in [0.4, 0.5) is 0 Å². The van der Waals surface area contributed by atoms with E-state index in [9.17, 15) is 4.79 Å². The van der Waals surface area contributed by atoms with E-state index >= 15 is 0 Å². The molecule has 4 N–H and O–H groups in total. The molecule has 1 aromatic rings. The van der Waals surface area contributed by atoms with Crippen molar-refractivity contribution in [2.24, 2.45) is 5.73 Å². The minimum atomic E-state index is -0.833. The van der Waals surface area contributed by atoms with Gasteiger partial charge in [-0.1, -0.05) is 0 Å². The van der Waals surface area contributed by atoms with Crippen LogP contribution in [0.25, 0.3) is 0 Å².